The van der Waals surface area contributed by atoms with Crippen molar-refractivity contribution < 1.29 is 85.9 Å². The van der Waals surface area contributed by atoms with E-state index < -0.39 is 101 Å². The average molecular weight is 1060 g/mol. The Morgan fingerprint density at radius 2 is 0.618 bits per heavy atom. The van der Waals surface area contributed by atoms with E-state index >= 15 is 0 Å². The molecular formula is C44H80Na2O19S3. The van der Waals surface area contributed by atoms with Crippen LogP contribution in [0.2, 0.25) is 0 Å². The molecule has 3 unspecified atom stereocenters. The fraction of sp³-hybridized carbons (Fsp3) is 0.864. The van der Waals surface area contributed by atoms with Crippen LogP contribution in [0.4, 0.5) is 0 Å². The predicted octanol–water partition coefficient (Wildman–Crippen LogP) is 6.21. The van der Waals surface area contributed by atoms with Gasteiger partial charge in [-0.3, -0.25) is 28.5 Å². The summed E-state index contributed by atoms with van der Waals surface area (Å²) in [7, 11) is -17.0. The van der Waals surface area contributed by atoms with E-state index in [4.69, 9.17) is 18.9 Å². The molecule has 0 aromatic rings. The molecule has 0 aliphatic carbocycles. The van der Waals surface area contributed by atoms with E-state index in [9.17, 15) is 58.6 Å². The van der Waals surface area contributed by atoms with Gasteiger partial charge in [0.15, 0.2) is 5.25 Å². The fourth-order valence-corrected chi connectivity index (χ4v) is 9.26. The maximum absolute atomic E-state index is 13.4. The minimum absolute atomic E-state index is 0. The first-order chi connectivity index (χ1) is 31.3. The van der Waals surface area contributed by atoms with E-state index in [1.807, 2.05) is 27.7 Å². The van der Waals surface area contributed by atoms with Crippen molar-refractivity contribution in [2.75, 3.05) is 26.4 Å². The minimum atomic E-state index is -5.81. The molecule has 0 aliphatic heterocycles. The van der Waals surface area contributed by atoms with Gasteiger partial charge in [0.05, 0.1) is 45.7 Å². The molecule has 0 aromatic heterocycles. The van der Waals surface area contributed by atoms with Gasteiger partial charge >= 0.3 is 115 Å². The van der Waals surface area contributed by atoms with Crippen LogP contribution in [0.5, 0.6) is 0 Å². The van der Waals surface area contributed by atoms with Crippen LogP contribution < -0.4 is 0 Å². The summed E-state index contributed by atoms with van der Waals surface area (Å²) in [4.78, 5) is 77.7. The summed E-state index contributed by atoms with van der Waals surface area (Å²) in [6.45, 7) is 7.37. The molecule has 68 heavy (non-hydrogen) atoms. The number of carbonyl (C=O) groups is 6. The monoisotopic (exact) mass is 1050 g/mol. The molecular weight excluding hydrogens is 975 g/mol. The molecule has 0 spiro atoms. The average Bonchev–Trinajstić information content (AvgIpc) is 3.24. The first kappa shape index (κ1) is 70.9. The molecule has 0 saturated carbocycles. The van der Waals surface area contributed by atoms with Crippen molar-refractivity contribution in [3.8, 4) is 0 Å². The summed E-state index contributed by atoms with van der Waals surface area (Å²) in [6.07, 6.45) is 15.0. The van der Waals surface area contributed by atoms with Crippen molar-refractivity contribution >= 4 is 125 Å². The quantitative estimate of drug-likeness (QED) is 0.0177. The number of rotatable bonds is 42. The summed E-state index contributed by atoms with van der Waals surface area (Å²) in [5, 5.41) is -8.24. The summed E-state index contributed by atoms with van der Waals surface area (Å²) in [6, 6.07) is 0. The number of carbonyl (C=O) groups excluding carboxylic acids is 6. The summed E-state index contributed by atoms with van der Waals surface area (Å²) < 4.78 is 117. The van der Waals surface area contributed by atoms with Gasteiger partial charge in [-0.05, 0) is 25.7 Å². The Labute approximate surface area is 450 Å². The van der Waals surface area contributed by atoms with E-state index in [1.54, 1.807) is 0 Å². The van der Waals surface area contributed by atoms with E-state index in [2.05, 4.69) is 8.37 Å². The molecule has 390 valence electrons. The molecule has 0 aromatic carbocycles. The molecule has 0 aliphatic rings. The van der Waals surface area contributed by atoms with Gasteiger partial charge < -0.3 is 27.3 Å². The van der Waals surface area contributed by atoms with Crippen LogP contribution in [0.3, 0.4) is 0 Å². The number of ether oxygens (including phenoxy) is 4. The Kier molecular flexibility index (Phi) is 44.0. The Morgan fingerprint density at radius 3 is 0.926 bits per heavy atom. The van der Waals surface area contributed by atoms with E-state index in [0.717, 1.165) is 103 Å². The standard InChI is InChI=1S/C44H78O19S3.2Na.2H/c1-5-9-13-17-21-25-29-58-39(45)34-37(42(48)60-31-27-23-19-15-11-7-3)65(54,55)62-41(47)33-36(64(51,52)53)44(50)63-66(56,57)38(43(49)61-32-28-24-20-16-12-8-4)35-40(46)59-30-26-22-18-14-10-6-2;;;;/h36-38H,5-35H2,1-4H3,(H,51,52,53);;;;. The van der Waals surface area contributed by atoms with Crippen molar-refractivity contribution in [2.24, 2.45) is 0 Å². The second-order valence-corrected chi connectivity index (χ2v) is 21.3. The van der Waals surface area contributed by atoms with Crippen molar-refractivity contribution in [1.29, 1.82) is 0 Å². The summed E-state index contributed by atoms with van der Waals surface area (Å²) in [5.41, 5.74) is 0. The van der Waals surface area contributed by atoms with Gasteiger partial charge in [-0.2, -0.15) is 25.3 Å². The van der Waals surface area contributed by atoms with Crippen LogP contribution in [-0.4, -0.2) is 167 Å². The Hall–Kier alpha value is -1.37. The number of esters is 4. The second-order valence-electron chi connectivity index (χ2n) is 16.3. The predicted molar refractivity (Wildman–Crippen MR) is 258 cm³/mol. The molecule has 0 saturated heterocycles. The summed E-state index contributed by atoms with van der Waals surface area (Å²) >= 11 is 0. The van der Waals surface area contributed by atoms with E-state index in [-0.39, 0.29) is 85.5 Å². The molecule has 0 rings (SSSR count). The SMILES string of the molecule is CCCCCCCCOC(=O)CC(C(=O)OCCCCCCCC)S(=O)(=O)OC(=O)CC(C(=O)OS(=O)(=O)C(CC(=O)OCCCCCCCC)C(=O)OCCCCCCCC)S(=O)(=O)O.[NaH].[NaH]. The molecule has 0 radical (unpaired) electrons. The van der Waals surface area contributed by atoms with Crippen LogP contribution in [0.1, 0.15) is 201 Å². The fourth-order valence-electron chi connectivity index (χ4n) is 6.37. The topological polar surface area (TPSA) is 280 Å². The normalized spacial score (nSPS) is 12.8. The number of hydrogen-bond acceptors (Lipinski definition) is 18. The molecule has 0 heterocycles. The van der Waals surface area contributed by atoms with Gasteiger partial charge in [0.2, 0.25) is 10.5 Å². The van der Waals surface area contributed by atoms with E-state index in [0.29, 0.717) is 51.4 Å². The first-order valence-electron chi connectivity index (χ1n) is 23.8. The van der Waals surface area contributed by atoms with Gasteiger partial charge in [0.1, 0.15) is 0 Å². The molecule has 1 N–H and O–H groups in total. The van der Waals surface area contributed by atoms with Crippen LogP contribution in [0, 0.1) is 0 Å². The Balaban J connectivity index is -0.0000211. The van der Waals surface area contributed by atoms with Crippen LogP contribution in [0.15, 0.2) is 0 Å². The third kappa shape index (κ3) is 34.9. The Bertz CT molecular complexity index is 1760. The molecule has 24 heteroatoms. The van der Waals surface area contributed by atoms with Crippen molar-refractivity contribution in [3.05, 3.63) is 0 Å². The molecule has 0 amide bonds. The second kappa shape index (κ2) is 42.2. The summed E-state index contributed by atoms with van der Waals surface area (Å²) in [5.74, 6) is -9.88. The number of unbranched alkanes of at least 4 members (excludes halogenated alkanes) is 20. The van der Waals surface area contributed by atoms with Crippen LogP contribution in [-0.2, 0) is 86.4 Å². The van der Waals surface area contributed by atoms with Crippen molar-refractivity contribution in [2.45, 2.75) is 217 Å². The third-order valence-corrected chi connectivity index (χ3v) is 14.3. The van der Waals surface area contributed by atoms with Crippen molar-refractivity contribution in [1.82, 2.24) is 0 Å². The zero-order valence-electron chi connectivity index (χ0n) is 39.7. The van der Waals surface area contributed by atoms with Crippen LogP contribution >= 0.6 is 0 Å². The van der Waals surface area contributed by atoms with Crippen molar-refractivity contribution in [3.63, 3.8) is 0 Å². The number of hydrogen-bond donors (Lipinski definition) is 1. The molecule has 0 bridgehead atoms. The maximum atomic E-state index is 13.4. The molecule has 19 nitrogen and oxygen atoms in total. The van der Waals surface area contributed by atoms with E-state index in [1.165, 1.54) is 0 Å². The van der Waals surface area contributed by atoms with Crippen LogP contribution in [0.25, 0.3) is 0 Å². The van der Waals surface area contributed by atoms with Gasteiger partial charge in [-0.1, -0.05) is 156 Å². The zero-order valence-corrected chi connectivity index (χ0v) is 42.1. The van der Waals surface area contributed by atoms with Gasteiger partial charge in [-0.25, -0.2) is 4.79 Å². The van der Waals surface area contributed by atoms with Gasteiger partial charge in [0.25, 0.3) is 10.1 Å². The molecule has 3 atom stereocenters. The first-order valence-corrected chi connectivity index (χ1v) is 28.3. The Morgan fingerprint density at radius 1 is 0.353 bits per heavy atom. The zero-order chi connectivity index (χ0) is 49.9. The molecule has 0 fully saturated rings. The van der Waals surface area contributed by atoms with Gasteiger partial charge in [0, 0.05) is 0 Å². The third-order valence-electron chi connectivity index (χ3n) is 10.3. The van der Waals surface area contributed by atoms with Gasteiger partial charge in [-0.15, -0.1) is 0 Å².